The van der Waals surface area contributed by atoms with Gasteiger partial charge in [-0.25, -0.2) is 0 Å². The van der Waals surface area contributed by atoms with Gasteiger partial charge in [0.15, 0.2) is 0 Å². The van der Waals surface area contributed by atoms with Crippen molar-refractivity contribution in [3.05, 3.63) is 196 Å². The average molecular weight is 627 g/mol. The molecule has 0 unspecified atom stereocenters. The number of rotatable bonds is 3. The van der Waals surface area contributed by atoms with Crippen LogP contribution >= 0.6 is 0 Å². The molecule has 45 heavy (non-hydrogen) atoms. The maximum absolute atomic E-state index is 10.3. The Morgan fingerprint density at radius 3 is 1.02 bits per heavy atom. The van der Waals surface area contributed by atoms with Crippen molar-refractivity contribution in [3.8, 4) is 17.2 Å². The van der Waals surface area contributed by atoms with Crippen molar-refractivity contribution in [1.82, 2.24) is 0 Å². The Labute approximate surface area is 280 Å². The van der Waals surface area contributed by atoms with Gasteiger partial charge in [0.25, 0.3) is 0 Å². The summed E-state index contributed by atoms with van der Waals surface area (Å²) in [5, 5.41) is 30.8. The Kier molecular flexibility index (Phi) is 18.3. The molecule has 0 N–H and O–H groups in total. The van der Waals surface area contributed by atoms with Gasteiger partial charge in [-0.3, -0.25) is 0 Å². The maximum atomic E-state index is 10.3. The number of hydrogen-bond donors (Lipinski definition) is 0. The van der Waals surface area contributed by atoms with Gasteiger partial charge < -0.3 is 15.3 Å². The third-order valence-corrected chi connectivity index (χ3v) is 6.42. The molecule has 0 spiro atoms. The molecular formula is C41H38O3Ti. The summed E-state index contributed by atoms with van der Waals surface area (Å²) in [5.74, 6) is 0.215. The van der Waals surface area contributed by atoms with Gasteiger partial charge in [0.2, 0.25) is 0 Å². The molecule has 0 atom stereocenters. The molecule has 0 aliphatic heterocycles. The molecule has 0 bridgehead atoms. The van der Waals surface area contributed by atoms with Crippen molar-refractivity contribution in [2.75, 3.05) is 0 Å². The molecule has 3 nitrogen and oxygen atoms in total. The van der Waals surface area contributed by atoms with Crippen molar-refractivity contribution in [1.29, 1.82) is 0 Å². The first kappa shape index (κ1) is 36.4. The molecule has 4 heteroatoms. The van der Waals surface area contributed by atoms with Crippen molar-refractivity contribution in [3.63, 3.8) is 0 Å². The van der Waals surface area contributed by atoms with Gasteiger partial charge in [0.1, 0.15) is 0 Å². The minimum atomic E-state index is 0.0718. The summed E-state index contributed by atoms with van der Waals surface area (Å²) in [4.78, 5) is 0. The monoisotopic (exact) mass is 626 g/mol. The van der Waals surface area contributed by atoms with Gasteiger partial charge in [-0.05, 0) is 25.0 Å². The van der Waals surface area contributed by atoms with E-state index in [0.717, 1.165) is 0 Å². The second-order valence-electron chi connectivity index (χ2n) is 9.80. The quantitative estimate of drug-likeness (QED) is 0.149. The van der Waals surface area contributed by atoms with Crippen LogP contribution in [0.15, 0.2) is 174 Å². The molecule has 224 valence electrons. The van der Waals surface area contributed by atoms with Gasteiger partial charge >= 0.3 is 49.0 Å². The molecule has 0 saturated heterocycles. The van der Waals surface area contributed by atoms with Crippen molar-refractivity contribution < 1.29 is 35.8 Å². The number of hydrogen-bond acceptors (Lipinski definition) is 3. The zero-order valence-corrected chi connectivity index (χ0v) is 27.3. The van der Waals surface area contributed by atoms with Gasteiger partial charge in [0.05, 0.1) is 0 Å². The molecule has 1 aliphatic carbocycles. The molecule has 0 radical (unpaired) electrons. The van der Waals surface area contributed by atoms with Crippen molar-refractivity contribution >= 4 is 12.2 Å². The first-order valence-electron chi connectivity index (χ1n) is 14.5. The van der Waals surface area contributed by atoms with Crippen LogP contribution in [0.1, 0.15) is 28.7 Å². The number of allylic oxidation sites excluding steroid dienone is 6. The molecular weight excluding hydrogens is 588 g/mol. The van der Waals surface area contributed by atoms with E-state index in [0.29, 0.717) is 0 Å². The average Bonchev–Trinajstić information content (AvgIpc) is 3.54. The van der Waals surface area contributed by atoms with Crippen LogP contribution in [0, 0.1) is 13.8 Å². The molecule has 5 aromatic carbocycles. The van der Waals surface area contributed by atoms with E-state index in [4.69, 9.17) is 0 Å². The van der Waals surface area contributed by atoms with Crippen LogP contribution in [-0.4, -0.2) is 0 Å². The summed E-state index contributed by atoms with van der Waals surface area (Å²) in [6.07, 6.45) is 15.9. The summed E-state index contributed by atoms with van der Waals surface area (Å²) >= 11 is 2.14. The number of benzene rings is 5. The van der Waals surface area contributed by atoms with E-state index >= 15 is 0 Å². The van der Waals surface area contributed by atoms with E-state index in [1.165, 1.54) is 69.0 Å². The number of aryl methyl sites for hydroxylation is 2. The molecule has 0 amide bonds. The number of para-hydroxylation sites is 3. The fourth-order valence-electron chi connectivity index (χ4n) is 3.40. The SMILES string of the molecule is Cc1ccc(C=CC=Cc2ccc(C)cc2)cc1.[O-]c1ccccc1.[O-]c1ccccc1.[O-]c1ccccc1.[Ti+3][C]1=CC=CC1. The van der Waals surface area contributed by atoms with Gasteiger partial charge in [0, 0.05) is 0 Å². The van der Waals surface area contributed by atoms with Crippen LogP contribution in [0.4, 0.5) is 0 Å². The van der Waals surface area contributed by atoms with Crippen molar-refractivity contribution in [2.24, 2.45) is 0 Å². The van der Waals surface area contributed by atoms with Gasteiger partial charge in [-0.15, -0.1) is 17.2 Å². The molecule has 6 rings (SSSR count). The molecule has 0 fully saturated rings. The predicted octanol–water partition coefficient (Wildman–Crippen LogP) is 8.69. The van der Waals surface area contributed by atoms with E-state index in [-0.39, 0.29) is 17.2 Å². The first-order chi connectivity index (χ1) is 21.8. The van der Waals surface area contributed by atoms with E-state index in [1.54, 1.807) is 36.4 Å². The van der Waals surface area contributed by atoms with Gasteiger partial charge in [-0.1, -0.05) is 175 Å². The molecule has 0 heterocycles. The Balaban J connectivity index is 0.000000216. The van der Waals surface area contributed by atoms with Crippen LogP contribution in [0.2, 0.25) is 0 Å². The summed E-state index contributed by atoms with van der Waals surface area (Å²) in [5.41, 5.74) is 5.05. The Morgan fingerprint density at radius 1 is 0.489 bits per heavy atom. The zero-order chi connectivity index (χ0) is 32.5. The molecule has 1 aliphatic rings. The first-order valence-corrected chi connectivity index (χ1v) is 15.3. The van der Waals surface area contributed by atoms with Crippen LogP contribution in [-0.2, 0) is 20.4 Å². The predicted molar refractivity (Wildman–Crippen MR) is 180 cm³/mol. The van der Waals surface area contributed by atoms with E-state index < -0.39 is 0 Å². The molecule has 0 saturated carbocycles. The Morgan fingerprint density at radius 2 is 0.822 bits per heavy atom. The molecule has 0 aromatic heterocycles. The third kappa shape index (κ3) is 19.1. The van der Waals surface area contributed by atoms with Crippen LogP contribution < -0.4 is 15.3 Å². The Bertz CT molecular complexity index is 1430. The van der Waals surface area contributed by atoms with Crippen LogP contribution in [0.5, 0.6) is 17.2 Å². The summed E-state index contributed by atoms with van der Waals surface area (Å²) < 4.78 is 1.47. The van der Waals surface area contributed by atoms with E-state index in [9.17, 15) is 15.3 Å². The summed E-state index contributed by atoms with van der Waals surface area (Å²) in [7, 11) is 0. The zero-order valence-electron chi connectivity index (χ0n) is 25.8. The summed E-state index contributed by atoms with van der Waals surface area (Å²) in [6.45, 7) is 4.20. The Hall–Kier alpha value is -4.83. The fourth-order valence-corrected chi connectivity index (χ4v) is 3.73. The van der Waals surface area contributed by atoms with Gasteiger partial charge in [-0.2, -0.15) is 0 Å². The second-order valence-corrected chi connectivity index (χ2v) is 10.8. The topological polar surface area (TPSA) is 69.2 Å². The van der Waals surface area contributed by atoms with Crippen molar-refractivity contribution in [2.45, 2.75) is 20.3 Å². The normalized spacial score (nSPS) is 11.1. The van der Waals surface area contributed by atoms with E-state index in [1.807, 2.05) is 18.2 Å². The second kappa shape index (κ2) is 22.7. The standard InChI is InChI=1S/C18H18.3C6H6O.C5H5.Ti/c1-15-7-11-17(12-8-15)5-3-4-6-18-13-9-16(2)10-14-18;3*7-6-4-2-1-3-5-6;1-2-4-5-3-1;/h3-14H,1-2H3;3*1-5,7H;1-3H,4H2;/q;;;;;+3/p-3. The van der Waals surface area contributed by atoms with E-state index in [2.05, 4.69) is 125 Å². The minimum absolute atomic E-state index is 0.0718. The molecule has 5 aromatic rings. The van der Waals surface area contributed by atoms with Crippen LogP contribution in [0.3, 0.4) is 0 Å². The third-order valence-electron chi connectivity index (χ3n) is 5.84. The summed E-state index contributed by atoms with van der Waals surface area (Å²) in [6, 6.07) is 42.0. The fraction of sp³-hybridized carbons (Fsp3) is 0.0732. The van der Waals surface area contributed by atoms with Crippen LogP contribution in [0.25, 0.3) is 12.2 Å².